The molecular formula is C14H28N2. The summed E-state index contributed by atoms with van der Waals surface area (Å²) < 4.78 is 0. The molecule has 2 rings (SSSR count). The maximum Gasteiger partial charge on any atom is 0.0244 e. The summed E-state index contributed by atoms with van der Waals surface area (Å²) in [5.41, 5.74) is 5.96. The van der Waals surface area contributed by atoms with Crippen molar-refractivity contribution in [2.75, 3.05) is 19.6 Å². The summed E-state index contributed by atoms with van der Waals surface area (Å²) in [7, 11) is 0. The quantitative estimate of drug-likeness (QED) is 0.798. The third kappa shape index (κ3) is 2.78. The second kappa shape index (κ2) is 5.50. The molecule has 2 nitrogen and oxygen atoms in total. The van der Waals surface area contributed by atoms with E-state index in [0.717, 1.165) is 24.3 Å². The van der Waals surface area contributed by atoms with Gasteiger partial charge in [-0.3, -0.25) is 4.90 Å². The van der Waals surface area contributed by atoms with Crippen molar-refractivity contribution in [1.29, 1.82) is 0 Å². The molecule has 0 radical (unpaired) electrons. The smallest absolute Gasteiger partial charge is 0.0244 e. The highest BCUT2D eigenvalue weighted by Gasteiger charge is 2.32. The van der Waals surface area contributed by atoms with Crippen molar-refractivity contribution < 1.29 is 0 Å². The minimum atomic E-state index is 0.650. The average Bonchev–Trinajstić information content (AvgIpc) is 2.70. The zero-order chi connectivity index (χ0) is 11.5. The van der Waals surface area contributed by atoms with E-state index in [4.69, 9.17) is 5.73 Å². The number of likely N-dealkylation sites (tertiary alicyclic amines) is 1. The Bertz CT molecular complexity index is 211. The molecule has 3 atom stereocenters. The van der Waals surface area contributed by atoms with Crippen LogP contribution in [-0.4, -0.2) is 30.6 Å². The molecule has 0 aromatic carbocycles. The minimum absolute atomic E-state index is 0.650. The van der Waals surface area contributed by atoms with Gasteiger partial charge in [0, 0.05) is 25.7 Å². The highest BCUT2D eigenvalue weighted by Crippen LogP contribution is 2.31. The van der Waals surface area contributed by atoms with Gasteiger partial charge in [-0.1, -0.05) is 26.7 Å². The Morgan fingerprint density at radius 3 is 2.50 bits per heavy atom. The molecule has 2 N–H and O–H groups in total. The molecule has 94 valence electrons. The van der Waals surface area contributed by atoms with Crippen LogP contribution in [0.1, 0.15) is 46.0 Å². The molecule has 16 heavy (non-hydrogen) atoms. The fourth-order valence-corrected chi connectivity index (χ4v) is 3.88. The van der Waals surface area contributed by atoms with Crippen LogP contribution in [0, 0.1) is 17.8 Å². The SMILES string of the molecule is CC1CC(C)C(CN)N(CC2CCCC2)C1. The Morgan fingerprint density at radius 2 is 1.88 bits per heavy atom. The Hall–Kier alpha value is -0.0800. The topological polar surface area (TPSA) is 29.3 Å². The van der Waals surface area contributed by atoms with E-state index < -0.39 is 0 Å². The molecule has 0 amide bonds. The number of piperidine rings is 1. The van der Waals surface area contributed by atoms with Crippen LogP contribution in [0.4, 0.5) is 0 Å². The van der Waals surface area contributed by atoms with Crippen molar-refractivity contribution >= 4 is 0 Å². The first-order valence-corrected chi connectivity index (χ1v) is 7.14. The van der Waals surface area contributed by atoms with Gasteiger partial charge < -0.3 is 5.73 Å². The molecule has 0 spiro atoms. The maximum atomic E-state index is 5.96. The third-order valence-electron chi connectivity index (χ3n) is 4.66. The van der Waals surface area contributed by atoms with Crippen LogP contribution in [0.25, 0.3) is 0 Å². The Labute approximate surface area is 101 Å². The Morgan fingerprint density at radius 1 is 1.19 bits per heavy atom. The Kier molecular flexibility index (Phi) is 4.26. The highest BCUT2D eigenvalue weighted by molar-refractivity contribution is 4.87. The monoisotopic (exact) mass is 224 g/mol. The molecule has 1 aliphatic heterocycles. The summed E-state index contributed by atoms with van der Waals surface area (Å²) in [5, 5.41) is 0. The van der Waals surface area contributed by atoms with Gasteiger partial charge in [0.15, 0.2) is 0 Å². The predicted octanol–water partition coefficient (Wildman–Crippen LogP) is 2.48. The molecule has 1 heterocycles. The van der Waals surface area contributed by atoms with Gasteiger partial charge in [0.1, 0.15) is 0 Å². The fourth-order valence-electron chi connectivity index (χ4n) is 3.88. The first-order chi connectivity index (χ1) is 7.70. The van der Waals surface area contributed by atoms with Gasteiger partial charge in [-0.2, -0.15) is 0 Å². The molecular weight excluding hydrogens is 196 g/mol. The summed E-state index contributed by atoms with van der Waals surface area (Å²) in [6, 6.07) is 0.650. The van der Waals surface area contributed by atoms with Crippen molar-refractivity contribution in [2.24, 2.45) is 23.5 Å². The van der Waals surface area contributed by atoms with E-state index in [9.17, 15) is 0 Å². The van der Waals surface area contributed by atoms with E-state index in [1.807, 2.05) is 0 Å². The molecule has 1 saturated heterocycles. The lowest BCUT2D eigenvalue weighted by Crippen LogP contribution is -2.52. The van der Waals surface area contributed by atoms with Crippen LogP contribution in [-0.2, 0) is 0 Å². The van der Waals surface area contributed by atoms with Crippen molar-refractivity contribution in [1.82, 2.24) is 4.90 Å². The normalized spacial score (nSPS) is 38.1. The first kappa shape index (κ1) is 12.4. The van der Waals surface area contributed by atoms with Crippen LogP contribution in [0.2, 0.25) is 0 Å². The van der Waals surface area contributed by atoms with Gasteiger partial charge in [-0.15, -0.1) is 0 Å². The van der Waals surface area contributed by atoms with E-state index in [2.05, 4.69) is 18.7 Å². The van der Waals surface area contributed by atoms with Crippen molar-refractivity contribution in [3.05, 3.63) is 0 Å². The summed E-state index contributed by atoms with van der Waals surface area (Å²) in [6.45, 7) is 8.22. The fraction of sp³-hybridized carbons (Fsp3) is 1.00. The summed E-state index contributed by atoms with van der Waals surface area (Å²) in [6.07, 6.45) is 7.18. The molecule has 2 fully saturated rings. The van der Waals surface area contributed by atoms with Gasteiger partial charge in [-0.25, -0.2) is 0 Å². The van der Waals surface area contributed by atoms with Crippen LogP contribution in [0.3, 0.4) is 0 Å². The van der Waals surface area contributed by atoms with Gasteiger partial charge in [0.05, 0.1) is 0 Å². The molecule has 0 bridgehead atoms. The van der Waals surface area contributed by atoms with E-state index in [1.165, 1.54) is 45.2 Å². The molecule has 2 aliphatic rings. The number of nitrogens with zero attached hydrogens (tertiary/aromatic N) is 1. The van der Waals surface area contributed by atoms with Crippen molar-refractivity contribution in [3.8, 4) is 0 Å². The number of rotatable bonds is 3. The lowest BCUT2D eigenvalue weighted by Gasteiger charge is -2.43. The molecule has 3 unspecified atom stereocenters. The first-order valence-electron chi connectivity index (χ1n) is 7.14. The standard InChI is InChI=1S/C14H28N2/c1-11-7-12(2)14(8-15)16(9-11)10-13-5-3-4-6-13/h11-14H,3-10,15H2,1-2H3. The summed E-state index contributed by atoms with van der Waals surface area (Å²) in [4.78, 5) is 2.70. The molecule has 1 saturated carbocycles. The largest absolute Gasteiger partial charge is 0.329 e. The van der Waals surface area contributed by atoms with Gasteiger partial charge in [0.2, 0.25) is 0 Å². The molecule has 1 aliphatic carbocycles. The highest BCUT2D eigenvalue weighted by atomic mass is 15.2. The average molecular weight is 224 g/mol. The predicted molar refractivity (Wildman–Crippen MR) is 69.3 cm³/mol. The van der Waals surface area contributed by atoms with Gasteiger partial charge >= 0.3 is 0 Å². The molecule has 2 heteroatoms. The lowest BCUT2D eigenvalue weighted by atomic mass is 9.84. The maximum absolute atomic E-state index is 5.96. The number of nitrogens with two attached hydrogens (primary N) is 1. The van der Waals surface area contributed by atoms with Crippen LogP contribution >= 0.6 is 0 Å². The van der Waals surface area contributed by atoms with E-state index >= 15 is 0 Å². The minimum Gasteiger partial charge on any atom is -0.329 e. The second-order valence-electron chi connectivity index (χ2n) is 6.23. The summed E-state index contributed by atoms with van der Waals surface area (Å²) in [5.74, 6) is 2.61. The van der Waals surface area contributed by atoms with Crippen LogP contribution in [0.15, 0.2) is 0 Å². The van der Waals surface area contributed by atoms with Gasteiger partial charge in [0.25, 0.3) is 0 Å². The van der Waals surface area contributed by atoms with E-state index in [0.29, 0.717) is 6.04 Å². The number of hydrogen-bond acceptors (Lipinski definition) is 2. The van der Waals surface area contributed by atoms with E-state index in [1.54, 1.807) is 0 Å². The van der Waals surface area contributed by atoms with E-state index in [-0.39, 0.29) is 0 Å². The van der Waals surface area contributed by atoms with Crippen molar-refractivity contribution in [3.63, 3.8) is 0 Å². The number of hydrogen-bond donors (Lipinski definition) is 1. The van der Waals surface area contributed by atoms with Crippen molar-refractivity contribution in [2.45, 2.75) is 52.0 Å². The Balaban J connectivity index is 1.92. The third-order valence-corrected chi connectivity index (χ3v) is 4.66. The van der Waals surface area contributed by atoms with Gasteiger partial charge in [-0.05, 0) is 37.0 Å². The van der Waals surface area contributed by atoms with Crippen LogP contribution in [0.5, 0.6) is 0 Å². The summed E-state index contributed by atoms with van der Waals surface area (Å²) >= 11 is 0. The second-order valence-corrected chi connectivity index (χ2v) is 6.23. The lowest BCUT2D eigenvalue weighted by molar-refractivity contribution is 0.0597. The molecule has 0 aromatic heterocycles. The zero-order valence-electron chi connectivity index (χ0n) is 11.0. The molecule has 0 aromatic rings. The van der Waals surface area contributed by atoms with Crippen LogP contribution < -0.4 is 5.73 Å². The zero-order valence-corrected chi connectivity index (χ0v) is 11.0.